The molecular weight excluding hydrogens is 328 g/mol. The fourth-order valence-electron chi connectivity index (χ4n) is 2.68. The average Bonchev–Trinajstić information content (AvgIpc) is 2.95. The summed E-state index contributed by atoms with van der Waals surface area (Å²) in [7, 11) is 0. The molecule has 0 radical (unpaired) electrons. The first-order chi connectivity index (χ1) is 12.0. The van der Waals surface area contributed by atoms with Crippen molar-refractivity contribution >= 4 is 29.4 Å². The number of benzene rings is 2. The van der Waals surface area contributed by atoms with Crippen molar-refractivity contribution in [3.8, 4) is 0 Å². The molecule has 0 aliphatic carbocycles. The Labute approximate surface area is 153 Å². The number of carbonyl (C=O) groups excluding carboxylic acids is 1. The molecule has 1 atom stereocenters. The molecule has 1 amide bonds. The van der Waals surface area contributed by atoms with Gasteiger partial charge in [0.05, 0.1) is 4.91 Å². The molecule has 1 heterocycles. The Balaban J connectivity index is 1.66. The van der Waals surface area contributed by atoms with Gasteiger partial charge in [0.1, 0.15) is 0 Å². The molecule has 1 saturated heterocycles. The van der Waals surface area contributed by atoms with Gasteiger partial charge in [0.15, 0.2) is 5.50 Å². The van der Waals surface area contributed by atoms with Crippen LogP contribution in [0.3, 0.4) is 0 Å². The van der Waals surface area contributed by atoms with E-state index in [1.54, 1.807) is 0 Å². The lowest BCUT2D eigenvalue weighted by Gasteiger charge is -2.12. The number of thioether (sulfide) groups is 1. The first kappa shape index (κ1) is 17.6. The summed E-state index contributed by atoms with van der Waals surface area (Å²) in [5.41, 5.74) is 4.54. The van der Waals surface area contributed by atoms with Crippen LogP contribution in [0.2, 0.25) is 0 Å². The van der Waals surface area contributed by atoms with Gasteiger partial charge in [-0.05, 0) is 47.2 Å². The number of carbonyl (C=O) groups is 1. The summed E-state index contributed by atoms with van der Waals surface area (Å²) in [5.74, 6) is 0.485. The molecule has 0 spiro atoms. The van der Waals surface area contributed by atoms with Gasteiger partial charge in [0.2, 0.25) is 0 Å². The zero-order chi connectivity index (χ0) is 17.8. The number of hydrogen-bond donors (Lipinski definition) is 2. The van der Waals surface area contributed by atoms with Crippen molar-refractivity contribution in [1.29, 1.82) is 0 Å². The predicted octanol–water partition coefficient (Wildman–Crippen LogP) is 4.97. The third kappa shape index (κ3) is 4.45. The van der Waals surface area contributed by atoms with Gasteiger partial charge in [0, 0.05) is 5.69 Å². The molecule has 0 saturated carbocycles. The largest absolute Gasteiger partial charge is 0.357 e. The lowest BCUT2D eigenvalue weighted by molar-refractivity contribution is -0.116. The minimum Gasteiger partial charge on any atom is -0.357 e. The highest BCUT2D eigenvalue weighted by molar-refractivity contribution is 8.05. The van der Waals surface area contributed by atoms with Crippen LogP contribution in [0.5, 0.6) is 0 Å². The SMILES string of the molecule is CCc1ccc(N[C@H]2NC(=O)/C(=C/c3ccc(C(C)C)cc3)S2)cc1. The Kier molecular flexibility index (Phi) is 5.49. The summed E-state index contributed by atoms with van der Waals surface area (Å²) in [6, 6.07) is 16.7. The van der Waals surface area contributed by atoms with Crippen LogP contribution in [-0.2, 0) is 11.2 Å². The van der Waals surface area contributed by atoms with Crippen LogP contribution in [0.1, 0.15) is 43.4 Å². The average molecular weight is 353 g/mol. The van der Waals surface area contributed by atoms with Crippen molar-refractivity contribution in [3.63, 3.8) is 0 Å². The van der Waals surface area contributed by atoms with Gasteiger partial charge >= 0.3 is 0 Å². The molecule has 3 nitrogen and oxygen atoms in total. The van der Waals surface area contributed by atoms with Crippen molar-refractivity contribution in [2.24, 2.45) is 0 Å². The fraction of sp³-hybridized carbons (Fsp3) is 0.286. The summed E-state index contributed by atoms with van der Waals surface area (Å²) in [6.45, 7) is 6.49. The predicted molar refractivity (Wildman–Crippen MR) is 107 cm³/mol. The molecule has 0 bridgehead atoms. The van der Waals surface area contributed by atoms with E-state index in [0.29, 0.717) is 5.92 Å². The number of hydrogen-bond acceptors (Lipinski definition) is 3. The molecule has 0 unspecified atom stereocenters. The Morgan fingerprint density at radius 3 is 2.40 bits per heavy atom. The van der Waals surface area contributed by atoms with Gasteiger partial charge in [0.25, 0.3) is 5.91 Å². The van der Waals surface area contributed by atoms with Gasteiger partial charge in [-0.2, -0.15) is 0 Å². The summed E-state index contributed by atoms with van der Waals surface area (Å²) < 4.78 is 0. The molecule has 2 aromatic rings. The van der Waals surface area contributed by atoms with E-state index in [-0.39, 0.29) is 11.4 Å². The minimum absolute atomic E-state index is 0.0272. The van der Waals surface area contributed by atoms with Crippen LogP contribution < -0.4 is 10.6 Å². The van der Waals surface area contributed by atoms with Crippen molar-refractivity contribution < 1.29 is 4.79 Å². The van der Waals surface area contributed by atoms with Crippen LogP contribution in [0.25, 0.3) is 6.08 Å². The van der Waals surface area contributed by atoms with E-state index in [1.807, 2.05) is 6.08 Å². The summed E-state index contributed by atoms with van der Waals surface area (Å²) in [6.07, 6.45) is 2.98. The molecule has 2 N–H and O–H groups in total. The number of anilines is 1. The zero-order valence-corrected chi connectivity index (χ0v) is 15.7. The summed E-state index contributed by atoms with van der Waals surface area (Å²) in [5, 5.41) is 6.33. The van der Waals surface area contributed by atoms with Crippen LogP contribution in [0.4, 0.5) is 5.69 Å². The van der Waals surface area contributed by atoms with Gasteiger partial charge in [-0.15, -0.1) is 0 Å². The lowest BCUT2D eigenvalue weighted by atomic mass is 10.0. The van der Waals surface area contributed by atoms with Crippen LogP contribution in [-0.4, -0.2) is 11.4 Å². The van der Waals surface area contributed by atoms with Gasteiger partial charge in [-0.1, -0.05) is 68.9 Å². The van der Waals surface area contributed by atoms with E-state index in [2.05, 4.69) is 79.9 Å². The highest BCUT2D eigenvalue weighted by Crippen LogP contribution is 2.30. The fourth-order valence-corrected chi connectivity index (χ4v) is 3.67. The van der Waals surface area contributed by atoms with Crippen LogP contribution in [0.15, 0.2) is 53.4 Å². The second-order valence-corrected chi connectivity index (χ2v) is 7.64. The van der Waals surface area contributed by atoms with Crippen LogP contribution >= 0.6 is 11.8 Å². The lowest BCUT2D eigenvalue weighted by Crippen LogP contribution is -2.30. The van der Waals surface area contributed by atoms with E-state index in [9.17, 15) is 4.79 Å². The maximum absolute atomic E-state index is 12.2. The molecule has 1 aliphatic rings. The maximum Gasteiger partial charge on any atom is 0.260 e. The third-order valence-corrected chi connectivity index (χ3v) is 5.32. The number of aryl methyl sites for hydroxylation is 1. The van der Waals surface area contributed by atoms with Gasteiger partial charge in [-0.3, -0.25) is 4.79 Å². The normalized spacial score (nSPS) is 18.6. The molecule has 1 aliphatic heterocycles. The Bertz CT molecular complexity index is 763. The Morgan fingerprint density at radius 2 is 1.80 bits per heavy atom. The molecule has 0 aromatic heterocycles. The number of amides is 1. The number of rotatable bonds is 5. The molecule has 130 valence electrons. The first-order valence-electron chi connectivity index (χ1n) is 8.70. The molecule has 2 aromatic carbocycles. The van der Waals surface area contributed by atoms with Gasteiger partial charge < -0.3 is 10.6 Å². The van der Waals surface area contributed by atoms with E-state index in [1.165, 1.54) is 22.9 Å². The van der Waals surface area contributed by atoms with Crippen molar-refractivity contribution in [2.75, 3.05) is 5.32 Å². The highest BCUT2D eigenvalue weighted by Gasteiger charge is 2.27. The molecule has 3 rings (SSSR count). The van der Waals surface area contributed by atoms with Crippen molar-refractivity contribution in [3.05, 3.63) is 70.1 Å². The second kappa shape index (κ2) is 7.79. The third-order valence-electron chi connectivity index (χ3n) is 4.29. The van der Waals surface area contributed by atoms with Crippen LogP contribution in [0, 0.1) is 0 Å². The maximum atomic E-state index is 12.2. The minimum atomic E-state index is -0.138. The van der Waals surface area contributed by atoms with E-state index in [4.69, 9.17) is 0 Å². The Hall–Kier alpha value is -2.20. The highest BCUT2D eigenvalue weighted by atomic mass is 32.2. The van der Waals surface area contributed by atoms with E-state index >= 15 is 0 Å². The van der Waals surface area contributed by atoms with Crippen molar-refractivity contribution in [1.82, 2.24) is 5.32 Å². The quantitative estimate of drug-likeness (QED) is 0.746. The molecule has 1 fully saturated rings. The smallest absolute Gasteiger partial charge is 0.260 e. The van der Waals surface area contributed by atoms with Crippen molar-refractivity contribution in [2.45, 2.75) is 38.6 Å². The van der Waals surface area contributed by atoms with E-state index in [0.717, 1.165) is 22.6 Å². The topological polar surface area (TPSA) is 41.1 Å². The van der Waals surface area contributed by atoms with E-state index < -0.39 is 0 Å². The number of nitrogens with one attached hydrogen (secondary N) is 2. The second-order valence-electron chi connectivity index (χ2n) is 6.50. The molecular formula is C21H24N2OS. The van der Waals surface area contributed by atoms with Gasteiger partial charge in [-0.25, -0.2) is 0 Å². The standard InChI is InChI=1S/C21H24N2OS/c1-4-15-7-11-18(12-8-15)22-21-23-20(24)19(25-21)13-16-5-9-17(10-6-16)14(2)3/h5-14,21-22H,4H2,1-3H3,(H,23,24)/b19-13-/t21-/m0/s1. The Morgan fingerprint density at radius 1 is 1.12 bits per heavy atom. The summed E-state index contributed by atoms with van der Waals surface area (Å²) in [4.78, 5) is 13.0. The monoisotopic (exact) mass is 352 g/mol. The molecule has 25 heavy (non-hydrogen) atoms. The first-order valence-corrected chi connectivity index (χ1v) is 9.58. The summed E-state index contributed by atoms with van der Waals surface area (Å²) >= 11 is 1.52. The molecule has 4 heteroatoms. The zero-order valence-electron chi connectivity index (χ0n) is 14.9.